The van der Waals surface area contributed by atoms with Crippen molar-refractivity contribution in [3.8, 4) is 5.75 Å². The predicted octanol–water partition coefficient (Wildman–Crippen LogP) is 0.398. The fourth-order valence-corrected chi connectivity index (χ4v) is 1.01. The average Bonchev–Trinajstić information content (AvgIpc) is 2.26. The normalized spacial score (nSPS) is 9.57. The summed E-state index contributed by atoms with van der Waals surface area (Å²) in [5.41, 5.74) is 5.77. The first-order valence-electron chi connectivity index (χ1n) is 4.34. The second-order valence-electron chi connectivity index (χ2n) is 2.71. The van der Waals surface area contributed by atoms with Gasteiger partial charge in [-0.2, -0.15) is 0 Å². The Balaban J connectivity index is 2.69. The number of benzene rings is 1. The van der Waals surface area contributed by atoms with Crippen molar-refractivity contribution < 1.29 is 9.53 Å². The molecule has 0 aliphatic carbocycles. The molecular weight excluding hydrogens is 180 g/mol. The monoisotopic (exact) mass is 193 g/mol. The Morgan fingerprint density at radius 2 is 2.36 bits per heavy atom. The highest BCUT2D eigenvalue weighted by atomic mass is 16.5. The molecule has 2 N–H and O–H groups in total. The Labute approximate surface area is 83.1 Å². The highest BCUT2D eigenvalue weighted by Gasteiger charge is 2.06. The van der Waals surface area contributed by atoms with Gasteiger partial charge in [0.15, 0.2) is 0 Å². The van der Waals surface area contributed by atoms with E-state index in [1.54, 1.807) is 31.4 Å². The van der Waals surface area contributed by atoms with E-state index in [1.807, 2.05) is 0 Å². The third-order valence-corrected chi connectivity index (χ3v) is 1.70. The molecule has 1 amide bonds. The largest absolute Gasteiger partial charge is 0.497 e. The van der Waals surface area contributed by atoms with Crippen LogP contribution < -0.4 is 15.8 Å². The Kier molecular flexibility index (Phi) is 3.94. The molecule has 0 aromatic heterocycles. The molecule has 0 saturated heterocycles. The van der Waals surface area contributed by atoms with Crippen LogP contribution in [0.5, 0.6) is 5.75 Å². The number of carbonyl (C=O) groups excluding carboxylic acids is 1. The third kappa shape index (κ3) is 2.74. The number of nitrogens with zero attached hydrogens (tertiary/aromatic N) is 1. The minimum Gasteiger partial charge on any atom is -0.497 e. The number of rotatable bonds is 4. The highest BCUT2D eigenvalue weighted by molar-refractivity contribution is 5.94. The summed E-state index contributed by atoms with van der Waals surface area (Å²) in [6.07, 6.45) is 0. The number of methoxy groups -OCH3 is 1. The molecule has 1 rings (SSSR count). The lowest BCUT2D eigenvalue weighted by Crippen LogP contribution is -2.22. The molecule has 14 heavy (non-hydrogen) atoms. The number of carbonyl (C=O) groups is 1. The van der Waals surface area contributed by atoms with E-state index >= 15 is 0 Å². The maximum Gasteiger partial charge on any atom is 0.272 e. The van der Waals surface area contributed by atoms with Gasteiger partial charge in [0.25, 0.3) is 5.91 Å². The van der Waals surface area contributed by atoms with Crippen LogP contribution in [0.2, 0.25) is 0 Å². The molecule has 0 bridgehead atoms. The summed E-state index contributed by atoms with van der Waals surface area (Å²) in [4.78, 5) is 11.4. The lowest BCUT2D eigenvalue weighted by molar-refractivity contribution is 0.0950. The number of ether oxygens (including phenoxy) is 1. The Bertz CT molecular complexity index is 313. The zero-order valence-corrected chi connectivity index (χ0v) is 8.06. The van der Waals surface area contributed by atoms with E-state index in [2.05, 4.69) is 5.32 Å². The van der Waals surface area contributed by atoms with Gasteiger partial charge in [-0.25, -0.2) is 5.32 Å². The maximum atomic E-state index is 11.4. The van der Waals surface area contributed by atoms with Gasteiger partial charge in [-0.05, 0) is 18.2 Å². The van der Waals surface area contributed by atoms with E-state index in [9.17, 15) is 4.79 Å². The fraction of sp³-hybridized carbons (Fsp3) is 0.300. The van der Waals surface area contributed by atoms with Crippen LogP contribution in [-0.4, -0.2) is 26.1 Å². The van der Waals surface area contributed by atoms with Gasteiger partial charge in [0.05, 0.1) is 13.7 Å². The van der Waals surface area contributed by atoms with Crippen LogP contribution >= 0.6 is 0 Å². The first-order valence-corrected chi connectivity index (χ1v) is 4.34. The van der Waals surface area contributed by atoms with Gasteiger partial charge in [-0.3, -0.25) is 4.79 Å². The van der Waals surface area contributed by atoms with Crippen molar-refractivity contribution >= 4 is 5.91 Å². The molecule has 1 radical (unpaired) electrons. The molecule has 4 nitrogen and oxygen atoms in total. The summed E-state index contributed by atoms with van der Waals surface area (Å²) in [5.74, 6) is 0.396. The van der Waals surface area contributed by atoms with Gasteiger partial charge in [0.1, 0.15) is 5.75 Å². The molecule has 4 heteroatoms. The van der Waals surface area contributed by atoms with Gasteiger partial charge in [0.2, 0.25) is 0 Å². The summed E-state index contributed by atoms with van der Waals surface area (Å²) in [5, 5.41) is 3.77. The molecule has 75 valence electrons. The summed E-state index contributed by atoms with van der Waals surface area (Å²) < 4.78 is 4.99. The second kappa shape index (κ2) is 5.24. The molecule has 0 spiro atoms. The van der Waals surface area contributed by atoms with Crippen molar-refractivity contribution in [3.05, 3.63) is 29.8 Å². The zero-order valence-electron chi connectivity index (χ0n) is 8.06. The number of hydrogen-bond donors (Lipinski definition) is 1. The molecule has 1 aromatic carbocycles. The summed E-state index contributed by atoms with van der Waals surface area (Å²) >= 11 is 0. The smallest absolute Gasteiger partial charge is 0.272 e. The highest BCUT2D eigenvalue weighted by Crippen LogP contribution is 2.12. The molecular formula is C10H13N2O2. The van der Waals surface area contributed by atoms with Crippen molar-refractivity contribution in [2.75, 3.05) is 20.2 Å². The quantitative estimate of drug-likeness (QED) is 0.752. The van der Waals surface area contributed by atoms with E-state index in [0.29, 0.717) is 24.4 Å². The van der Waals surface area contributed by atoms with Crippen molar-refractivity contribution in [3.63, 3.8) is 0 Å². The molecule has 0 atom stereocenters. The predicted molar refractivity (Wildman–Crippen MR) is 53.4 cm³/mol. The minimum atomic E-state index is -0.255. The van der Waals surface area contributed by atoms with Crippen LogP contribution in [-0.2, 0) is 0 Å². The van der Waals surface area contributed by atoms with Crippen LogP contribution in [0, 0.1) is 0 Å². The Hall–Kier alpha value is -1.55. The van der Waals surface area contributed by atoms with Crippen molar-refractivity contribution in [1.29, 1.82) is 0 Å². The van der Waals surface area contributed by atoms with Gasteiger partial charge >= 0.3 is 0 Å². The summed E-state index contributed by atoms with van der Waals surface area (Å²) in [7, 11) is 1.56. The number of amides is 1. The first-order chi connectivity index (χ1) is 6.77. The lowest BCUT2D eigenvalue weighted by atomic mass is 10.2. The van der Waals surface area contributed by atoms with E-state index in [4.69, 9.17) is 10.5 Å². The van der Waals surface area contributed by atoms with Crippen molar-refractivity contribution in [1.82, 2.24) is 5.32 Å². The molecule has 1 aromatic rings. The topological polar surface area (TPSA) is 66.4 Å². The van der Waals surface area contributed by atoms with Gasteiger partial charge in [0, 0.05) is 12.1 Å². The van der Waals surface area contributed by atoms with E-state index < -0.39 is 0 Å². The molecule has 0 fully saturated rings. The van der Waals surface area contributed by atoms with Crippen LogP contribution in [0.25, 0.3) is 0 Å². The number of nitrogens with two attached hydrogens (primary N) is 1. The molecule has 0 saturated carbocycles. The molecule has 0 aliphatic rings. The van der Waals surface area contributed by atoms with Crippen LogP contribution in [0.15, 0.2) is 24.3 Å². The zero-order chi connectivity index (χ0) is 10.4. The lowest BCUT2D eigenvalue weighted by Gasteiger charge is -2.03. The fourth-order valence-electron chi connectivity index (χ4n) is 1.01. The summed E-state index contributed by atoms with van der Waals surface area (Å²) in [6, 6.07) is 6.89. The van der Waals surface area contributed by atoms with Crippen LogP contribution in [0.1, 0.15) is 10.4 Å². The van der Waals surface area contributed by atoms with Gasteiger partial charge in [-0.15, -0.1) is 0 Å². The molecule has 0 heterocycles. The van der Waals surface area contributed by atoms with E-state index in [0.717, 1.165) is 0 Å². The van der Waals surface area contributed by atoms with Gasteiger partial charge in [-0.1, -0.05) is 6.07 Å². The minimum absolute atomic E-state index is 0.255. The standard InChI is InChI=1S/C10H13N2O2/c1-14-9-4-2-3-8(7-9)10(13)12-6-5-11/h2-4,7H,5-6,11H2,1H3. The number of hydrogen-bond acceptors (Lipinski definition) is 3. The van der Waals surface area contributed by atoms with Crippen LogP contribution in [0.3, 0.4) is 0 Å². The second-order valence-corrected chi connectivity index (χ2v) is 2.71. The Morgan fingerprint density at radius 3 is 3.00 bits per heavy atom. The average molecular weight is 193 g/mol. The first kappa shape index (κ1) is 10.5. The van der Waals surface area contributed by atoms with Crippen molar-refractivity contribution in [2.24, 2.45) is 5.73 Å². The Morgan fingerprint density at radius 1 is 1.57 bits per heavy atom. The summed E-state index contributed by atoms with van der Waals surface area (Å²) in [6.45, 7) is 0.742. The van der Waals surface area contributed by atoms with E-state index in [-0.39, 0.29) is 5.91 Å². The molecule has 0 aliphatic heterocycles. The van der Waals surface area contributed by atoms with E-state index in [1.165, 1.54) is 0 Å². The molecule has 0 unspecified atom stereocenters. The maximum absolute atomic E-state index is 11.4. The van der Waals surface area contributed by atoms with Crippen molar-refractivity contribution in [2.45, 2.75) is 0 Å². The third-order valence-electron chi connectivity index (χ3n) is 1.70. The SMILES string of the molecule is COc1cccc(C(=O)[N]CCN)c1. The van der Waals surface area contributed by atoms with Gasteiger partial charge < -0.3 is 10.5 Å². The van der Waals surface area contributed by atoms with Crippen LogP contribution in [0.4, 0.5) is 0 Å².